The number of aromatic amines is 1. The maximum Gasteiger partial charge on any atom is 0.481 e. The van der Waals surface area contributed by atoms with Crippen LogP contribution < -0.4 is 11.3 Å². The van der Waals surface area contributed by atoms with Crippen molar-refractivity contribution in [3.63, 3.8) is 0 Å². The lowest BCUT2D eigenvalue weighted by molar-refractivity contribution is -0.114. The number of phosphoric ester groups is 1. The standard InChI is InChI=1S/C11H19N5O11P2/c1-24-3-6(4-25-29(22,23)27-28(19,20)21)26-7(2-17)16-5-13-8-9(16)14-11(12)15-10(8)18/h5-7,17H,2-4H2,1H3,(H,22,23)(H2,19,20,21)(H3,12,14,15,18)/t6-,7+/m0/s1. The highest BCUT2D eigenvalue weighted by molar-refractivity contribution is 7.60. The number of methoxy groups -OCH3 is 1. The molecule has 0 aliphatic rings. The Morgan fingerprint density at radius 2 is 2.00 bits per heavy atom. The van der Waals surface area contributed by atoms with Crippen LogP contribution in [0.5, 0.6) is 0 Å². The number of rotatable bonds is 11. The first kappa shape index (κ1) is 23.6. The van der Waals surface area contributed by atoms with Crippen molar-refractivity contribution in [3.05, 3.63) is 16.7 Å². The molecule has 29 heavy (non-hydrogen) atoms. The summed E-state index contributed by atoms with van der Waals surface area (Å²) in [6.07, 6.45) is -1.15. The quantitative estimate of drug-likeness (QED) is 0.208. The number of ether oxygens (including phenoxy) is 2. The molecule has 16 nitrogen and oxygen atoms in total. The van der Waals surface area contributed by atoms with Gasteiger partial charge in [0.15, 0.2) is 17.4 Å². The Bertz CT molecular complexity index is 987. The van der Waals surface area contributed by atoms with Gasteiger partial charge in [-0.2, -0.15) is 9.29 Å². The summed E-state index contributed by atoms with van der Waals surface area (Å²) in [5.74, 6) is -0.200. The van der Waals surface area contributed by atoms with Crippen LogP contribution in [0.3, 0.4) is 0 Å². The van der Waals surface area contributed by atoms with Crippen molar-refractivity contribution < 1.29 is 47.2 Å². The molecule has 0 amide bonds. The fourth-order valence-corrected chi connectivity index (χ4v) is 3.84. The number of nitrogens with two attached hydrogens (primary N) is 1. The number of hydrogen-bond acceptors (Lipinski definition) is 11. The molecule has 0 aliphatic heterocycles. The molecule has 2 heterocycles. The fraction of sp³-hybridized carbons (Fsp3) is 0.545. The van der Waals surface area contributed by atoms with Crippen molar-refractivity contribution in [2.45, 2.75) is 12.3 Å². The molecule has 0 bridgehead atoms. The van der Waals surface area contributed by atoms with Crippen LogP contribution in [0.25, 0.3) is 11.2 Å². The van der Waals surface area contributed by atoms with Gasteiger partial charge in [0, 0.05) is 7.11 Å². The number of nitrogens with one attached hydrogen (secondary N) is 1. The first-order valence-electron chi connectivity index (χ1n) is 7.67. The third kappa shape index (κ3) is 6.65. The number of nitrogens with zero attached hydrogens (tertiary/aromatic N) is 3. The monoisotopic (exact) mass is 459 g/mol. The molecular formula is C11H19N5O11P2. The largest absolute Gasteiger partial charge is 0.481 e. The Kier molecular flexibility index (Phi) is 7.64. The lowest BCUT2D eigenvalue weighted by atomic mass is 10.4. The molecule has 0 saturated carbocycles. The minimum atomic E-state index is -5.29. The van der Waals surface area contributed by atoms with Gasteiger partial charge >= 0.3 is 15.6 Å². The van der Waals surface area contributed by atoms with E-state index in [-0.39, 0.29) is 23.7 Å². The maximum absolute atomic E-state index is 11.8. The minimum Gasteiger partial charge on any atom is -0.392 e. The molecule has 2 rings (SSSR count). The molecule has 0 radical (unpaired) electrons. The second kappa shape index (κ2) is 9.40. The zero-order valence-electron chi connectivity index (χ0n) is 14.8. The van der Waals surface area contributed by atoms with Crippen molar-refractivity contribution >= 4 is 32.8 Å². The summed E-state index contributed by atoms with van der Waals surface area (Å²) < 4.78 is 42.1. The van der Waals surface area contributed by atoms with Gasteiger partial charge in [0.1, 0.15) is 6.10 Å². The lowest BCUT2D eigenvalue weighted by Crippen LogP contribution is -2.30. The highest BCUT2D eigenvalue weighted by Crippen LogP contribution is 2.57. The number of anilines is 1. The van der Waals surface area contributed by atoms with Crippen molar-refractivity contribution in [3.8, 4) is 0 Å². The molecule has 0 aromatic carbocycles. The van der Waals surface area contributed by atoms with Crippen molar-refractivity contribution in [2.75, 3.05) is 32.7 Å². The van der Waals surface area contributed by atoms with E-state index in [2.05, 4.69) is 23.8 Å². The number of H-pyrrole nitrogens is 1. The molecule has 3 atom stereocenters. The normalized spacial score (nSPS) is 16.6. The van der Waals surface area contributed by atoms with E-state index in [4.69, 9.17) is 25.0 Å². The third-order valence-corrected chi connectivity index (χ3v) is 5.40. The van der Waals surface area contributed by atoms with Crippen LogP contribution >= 0.6 is 15.6 Å². The van der Waals surface area contributed by atoms with Gasteiger partial charge in [-0.15, -0.1) is 0 Å². The van der Waals surface area contributed by atoms with Crippen LogP contribution in [-0.4, -0.2) is 72.3 Å². The zero-order chi connectivity index (χ0) is 21.8. The van der Waals surface area contributed by atoms with Gasteiger partial charge in [-0.3, -0.25) is 18.9 Å². The van der Waals surface area contributed by atoms with Crippen molar-refractivity contribution in [1.82, 2.24) is 19.5 Å². The summed E-state index contributed by atoms with van der Waals surface area (Å²) in [5.41, 5.74) is 4.81. The van der Waals surface area contributed by atoms with Gasteiger partial charge in [-0.1, -0.05) is 0 Å². The number of phosphoric acid groups is 2. The smallest absolute Gasteiger partial charge is 0.392 e. The molecule has 0 fully saturated rings. The van der Waals surface area contributed by atoms with E-state index in [1.54, 1.807) is 0 Å². The van der Waals surface area contributed by atoms with Crippen LogP contribution in [0.4, 0.5) is 5.95 Å². The van der Waals surface area contributed by atoms with Gasteiger partial charge in [-0.25, -0.2) is 14.1 Å². The number of aromatic nitrogens is 4. The average molecular weight is 459 g/mol. The number of aliphatic hydroxyl groups excluding tert-OH is 1. The Morgan fingerprint density at radius 3 is 2.59 bits per heavy atom. The molecule has 0 saturated heterocycles. The molecule has 2 aromatic heterocycles. The van der Waals surface area contributed by atoms with E-state index in [1.807, 2.05) is 0 Å². The SMILES string of the molecule is COC[C@@H](COP(=O)(O)OP(=O)(O)O)O[C@H](CO)n1cnc2c(=O)[nH]c(N)nc21. The van der Waals surface area contributed by atoms with Crippen LogP contribution in [0, 0.1) is 0 Å². The average Bonchev–Trinajstić information content (AvgIpc) is 2.99. The first-order chi connectivity index (χ1) is 13.5. The predicted molar refractivity (Wildman–Crippen MR) is 94.3 cm³/mol. The highest BCUT2D eigenvalue weighted by Gasteiger charge is 2.33. The lowest BCUT2D eigenvalue weighted by Gasteiger charge is -2.24. The third-order valence-electron chi connectivity index (χ3n) is 3.25. The van der Waals surface area contributed by atoms with E-state index in [0.29, 0.717) is 0 Å². The van der Waals surface area contributed by atoms with Crippen molar-refractivity contribution in [2.24, 2.45) is 0 Å². The van der Waals surface area contributed by atoms with E-state index < -0.39 is 46.8 Å². The summed E-state index contributed by atoms with van der Waals surface area (Å²) in [6, 6.07) is 0. The topological polar surface area (TPSA) is 242 Å². The molecule has 0 spiro atoms. The summed E-state index contributed by atoms with van der Waals surface area (Å²) >= 11 is 0. The van der Waals surface area contributed by atoms with Crippen LogP contribution in [0.2, 0.25) is 0 Å². The summed E-state index contributed by atoms with van der Waals surface area (Å²) in [6.45, 7) is -1.56. The highest BCUT2D eigenvalue weighted by atomic mass is 31.3. The van der Waals surface area contributed by atoms with E-state index in [0.717, 1.165) is 6.33 Å². The van der Waals surface area contributed by atoms with Gasteiger partial charge in [0.2, 0.25) is 5.95 Å². The Hall–Kier alpha value is -1.71. The van der Waals surface area contributed by atoms with E-state index in [1.165, 1.54) is 11.7 Å². The van der Waals surface area contributed by atoms with Gasteiger partial charge in [-0.05, 0) is 0 Å². The van der Waals surface area contributed by atoms with Crippen LogP contribution in [-0.2, 0) is 27.4 Å². The summed E-state index contributed by atoms with van der Waals surface area (Å²) in [4.78, 5) is 48.4. The second-order valence-electron chi connectivity index (χ2n) is 5.46. The fourth-order valence-electron chi connectivity index (χ4n) is 2.22. The maximum atomic E-state index is 11.8. The number of imidazole rings is 1. The molecule has 2 aromatic rings. The molecular weight excluding hydrogens is 440 g/mol. The minimum absolute atomic E-state index is 0.0000444. The summed E-state index contributed by atoms with van der Waals surface area (Å²) in [7, 11) is -9.12. The van der Waals surface area contributed by atoms with Crippen LogP contribution in [0.1, 0.15) is 6.23 Å². The Morgan fingerprint density at radius 1 is 1.31 bits per heavy atom. The Labute approximate surface area is 162 Å². The van der Waals surface area contributed by atoms with Gasteiger partial charge in [0.05, 0.1) is 26.1 Å². The summed E-state index contributed by atoms with van der Waals surface area (Å²) in [5, 5.41) is 9.66. The molecule has 18 heteroatoms. The van der Waals surface area contributed by atoms with E-state index >= 15 is 0 Å². The molecule has 0 aliphatic carbocycles. The number of hydrogen-bond donors (Lipinski definition) is 6. The first-order valence-corrected chi connectivity index (χ1v) is 10.7. The van der Waals surface area contributed by atoms with E-state index in [9.17, 15) is 23.9 Å². The number of aliphatic hydroxyl groups is 1. The second-order valence-corrected chi connectivity index (χ2v) is 8.29. The predicted octanol–water partition coefficient (Wildman–Crippen LogP) is -1.55. The molecule has 164 valence electrons. The molecule has 1 unspecified atom stereocenters. The van der Waals surface area contributed by atoms with Crippen molar-refractivity contribution in [1.29, 1.82) is 0 Å². The Balaban J connectivity index is 2.19. The zero-order valence-corrected chi connectivity index (χ0v) is 16.6. The van der Waals surface area contributed by atoms with Gasteiger partial charge < -0.3 is 35.0 Å². The number of fused-ring (bicyclic) bond motifs is 1. The number of nitrogen functional groups attached to an aromatic ring is 1. The van der Waals surface area contributed by atoms with Gasteiger partial charge in [0.25, 0.3) is 5.56 Å². The molecule has 7 N–H and O–H groups in total. The van der Waals surface area contributed by atoms with Crippen LogP contribution in [0.15, 0.2) is 11.1 Å².